The predicted octanol–water partition coefficient (Wildman–Crippen LogP) is 2.97. The molecule has 0 radical (unpaired) electrons. The van der Waals surface area contributed by atoms with E-state index in [0.29, 0.717) is 41.2 Å². The maximum absolute atomic E-state index is 12.7. The number of nitrogens with zero attached hydrogens (tertiary/aromatic N) is 2. The number of hydrogen-bond acceptors (Lipinski definition) is 4. The van der Waals surface area contributed by atoms with Crippen molar-refractivity contribution >= 4 is 17.7 Å². The molecular formula is C21H22N2O4. The fourth-order valence-corrected chi connectivity index (χ4v) is 3.04. The van der Waals surface area contributed by atoms with Gasteiger partial charge in [0.25, 0.3) is 17.7 Å². The van der Waals surface area contributed by atoms with Crippen LogP contribution in [0.15, 0.2) is 42.5 Å². The average Bonchev–Trinajstić information content (AvgIpc) is 2.93. The number of hydrogen-bond donors (Lipinski definition) is 0. The first-order chi connectivity index (χ1) is 13.0. The molecule has 0 spiro atoms. The molecule has 140 valence electrons. The fourth-order valence-electron chi connectivity index (χ4n) is 3.04. The Morgan fingerprint density at radius 1 is 1.04 bits per heavy atom. The van der Waals surface area contributed by atoms with Gasteiger partial charge in [0.2, 0.25) is 0 Å². The maximum Gasteiger partial charge on any atom is 0.261 e. The molecule has 0 unspecified atom stereocenters. The van der Waals surface area contributed by atoms with E-state index >= 15 is 0 Å². The van der Waals surface area contributed by atoms with Gasteiger partial charge in [0, 0.05) is 13.6 Å². The third kappa shape index (κ3) is 3.43. The van der Waals surface area contributed by atoms with Crippen molar-refractivity contribution in [3.8, 4) is 5.75 Å². The van der Waals surface area contributed by atoms with E-state index in [1.165, 1.54) is 4.90 Å². The Morgan fingerprint density at radius 2 is 1.67 bits per heavy atom. The highest BCUT2D eigenvalue weighted by Gasteiger charge is 2.35. The number of benzene rings is 2. The monoisotopic (exact) mass is 366 g/mol. The molecule has 0 aromatic heterocycles. The summed E-state index contributed by atoms with van der Waals surface area (Å²) in [5.74, 6) is -0.301. The Hall–Kier alpha value is -3.15. The molecule has 27 heavy (non-hydrogen) atoms. The molecule has 0 atom stereocenters. The molecule has 3 amide bonds. The summed E-state index contributed by atoms with van der Waals surface area (Å²) >= 11 is 0. The Labute approximate surface area is 158 Å². The summed E-state index contributed by atoms with van der Waals surface area (Å²) in [7, 11) is 1.72. The third-order valence-corrected chi connectivity index (χ3v) is 4.61. The van der Waals surface area contributed by atoms with Crippen LogP contribution in [0.2, 0.25) is 0 Å². The molecule has 0 N–H and O–H groups in total. The highest BCUT2D eigenvalue weighted by molar-refractivity contribution is 6.21. The number of fused-ring (bicyclic) bond motifs is 1. The van der Waals surface area contributed by atoms with Crippen molar-refractivity contribution in [2.45, 2.75) is 20.4 Å². The zero-order valence-electron chi connectivity index (χ0n) is 15.7. The SMILES string of the molecule is CCOc1ccc(CN2C(=O)c3ccccc3C2=O)cc1C(=O)N(C)CC. The minimum absolute atomic E-state index is 0.106. The van der Waals surface area contributed by atoms with Gasteiger partial charge in [-0.2, -0.15) is 0 Å². The standard InChI is InChI=1S/C21H22N2O4/c1-4-22(3)19(24)17-12-14(10-11-18(17)27-5-2)13-23-20(25)15-8-6-7-9-16(15)21(23)26/h6-12H,4-5,13H2,1-3H3. The summed E-state index contributed by atoms with van der Waals surface area (Å²) in [4.78, 5) is 40.6. The van der Waals surface area contributed by atoms with Crippen LogP contribution in [-0.2, 0) is 6.54 Å². The van der Waals surface area contributed by atoms with Crippen LogP contribution in [0.25, 0.3) is 0 Å². The molecule has 3 rings (SSSR count). The summed E-state index contributed by atoms with van der Waals surface area (Å²) < 4.78 is 5.58. The molecule has 2 aromatic carbocycles. The van der Waals surface area contributed by atoms with Crippen molar-refractivity contribution in [2.24, 2.45) is 0 Å². The van der Waals surface area contributed by atoms with Crippen molar-refractivity contribution < 1.29 is 19.1 Å². The van der Waals surface area contributed by atoms with Gasteiger partial charge in [-0.15, -0.1) is 0 Å². The van der Waals surface area contributed by atoms with Crippen molar-refractivity contribution in [3.63, 3.8) is 0 Å². The van der Waals surface area contributed by atoms with Gasteiger partial charge in [0.15, 0.2) is 0 Å². The summed E-state index contributed by atoms with van der Waals surface area (Å²) in [6, 6.07) is 12.0. The molecule has 0 saturated heterocycles. The van der Waals surface area contributed by atoms with Crippen molar-refractivity contribution in [3.05, 3.63) is 64.7 Å². The van der Waals surface area contributed by atoms with Crippen molar-refractivity contribution in [2.75, 3.05) is 20.2 Å². The van der Waals surface area contributed by atoms with Crippen molar-refractivity contribution in [1.82, 2.24) is 9.80 Å². The normalized spacial score (nSPS) is 12.9. The van der Waals surface area contributed by atoms with E-state index < -0.39 is 0 Å². The molecule has 1 aliphatic heterocycles. The Kier molecular flexibility index (Phi) is 5.26. The van der Waals surface area contributed by atoms with Crippen LogP contribution in [0.4, 0.5) is 0 Å². The summed E-state index contributed by atoms with van der Waals surface area (Å²) in [5.41, 5.74) is 1.95. The van der Waals surface area contributed by atoms with Crippen LogP contribution < -0.4 is 4.74 Å². The summed E-state index contributed by atoms with van der Waals surface area (Å²) in [5, 5.41) is 0. The smallest absolute Gasteiger partial charge is 0.261 e. The minimum Gasteiger partial charge on any atom is -0.493 e. The van der Waals surface area contributed by atoms with Crippen LogP contribution in [0.5, 0.6) is 5.75 Å². The molecule has 0 fully saturated rings. The molecule has 1 aliphatic rings. The lowest BCUT2D eigenvalue weighted by Crippen LogP contribution is -2.30. The van der Waals surface area contributed by atoms with Gasteiger partial charge < -0.3 is 9.64 Å². The molecule has 6 heteroatoms. The Morgan fingerprint density at radius 3 is 2.22 bits per heavy atom. The number of carbonyl (C=O) groups excluding carboxylic acids is 3. The van der Waals surface area contributed by atoms with E-state index in [1.807, 2.05) is 13.8 Å². The third-order valence-electron chi connectivity index (χ3n) is 4.61. The minimum atomic E-state index is -0.317. The van der Waals surface area contributed by atoms with Gasteiger partial charge in [-0.1, -0.05) is 18.2 Å². The first-order valence-corrected chi connectivity index (χ1v) is 8.94. The van der Waals surface area contributed by atoms with E-state index in [9.17, 15) is 14.4 Å². The van der Waals surface area contributed by atoms with Gasteiger partial charge in [0.1, 0.15) is 5.75 Å². The van der Waals surface area contributed by atoms with Crippen LogP contribution in [0.3, 0.4) is 0 Å². The van der Waals surface area contributed by atoms with Crippen LogP contribution >= 0.6 is 0 Å². The predicted molar refractivity (Wildman–Crippen MR) is 101 cm³/mol. The highest BCUT2D eigenvalue weighted by atomic mass is 16.5. The number of carbonyl (C=O) groups is 3. The average molecular weight is 366 g/mol. The number of rotatable bonds is 6. The van der Waals surface area contributed by atoms with Crippen molar-refractivity contribution in [1.29, 1.82) is 0 Å². The Bertz CT molecular complexity index is 872. The lowest BCUT2D eigenvalue weighted by molar-refractivity contribution is 0.0642. The summed E-state index contributed by atoms with van der Waals surface area (Å²) in [6.07, 6.45) is 0. The van der Waals surface area contributed by atoms with Crippen LogP contribution in [0, 0.1) is 0 Å². The van der Waals surface area contributed by atoms with E-state index in [0.717, 1.165) is 0 Å². The maximum atomic E-state index is 12.7. The number of amides is 3. The second-order valence-electron chi connectivity index (χ2n) is 6.32. The van der Waals surface area contributed by atoms with Gasteiger partial charge in [-0.25, -0.2) is 0 Å². The van der Waals surface area contributed by atoms with E-state index in [-0.39, 0.29) is 24.3 Å². The number of ether oxygens (including phenoxy) is 1. The first-order valence-electron chi connectivity index (χ1n) is 8.94. The number of imide groups is 1. The van der Waals surface area contributed by atoms with E-state index in [1.54, 1.807) is 54.4 Å². The second kappa shape index (κ2) is 7.61. The van der Waals surface area contributed by atoms with Crippen LogP contribution in [0.1, 0.15) is 50.5 Å². The lowest BCUT2D eigenvalue weighted by atomic mass is 10.1. The molecule has 0 saturated carbocycles. The zero-order valence-corrected chi connectivity index (χ0v) is 15.7. The highest BCUT2D eigenvalue weighted by Crippen LogP contribution is 2.27. The molecule has 0 bridgehead atoms. The van der Waals surface area contributed by atoms with Gasteiger partial charge in [0.05, 0.1) is 29.8 Å². The topological polar surface area (TPSA) is 66.9 Å². The quantitative estimate of drug-likeness (QED) is 0.737. The first kappa shape index (κ1) is 18.6. The molecule has 0 aliphatic carbocycles. The Balaban J connectivity index is 1.91. The summed E-state index contributed by atoms with van der Waals surface area (Å²) in [6.45, 7) is 4.85. The molecular weight excluding hydrogens is 344 g/mol. The van der Waals surface area contributed by atoms with Gasteiger partial charge in [-0.05, 0) is 43.7 Å². The molecule has 2 aromatic rings. The van der Waals surface area contributed by atoms with Crippen LogP contribution in [-0.4, -0.2) is 47.7 Å². The van der Waals surface area contributed by atoms with Gasteiger partial charge >= 0.3 is 0 Å². The van der Waals surface area contributed by atoms with E-state index in [2.05, 4.69) is 0 Å². The molecule has 1 heterocycles. The zero-order chi connectivity index (χ0) is 19.6. The largest absolute Gasteiger partial charge is 0.493 e. The second-order valence-corrected chi connectivity index (χ2v) is 6.32. The van der Waals surface area contributed by atoms with E-state index in [4.69, 9.17) is 4.74 Å². The van der Waals surface area contributed by atoms with Gasteiger partial charge in [-0.3, -0.25) is 19.3 Å². The molecule has 6 nitrogen and oxygen atoms in total. The fraction of sp³-hybridized carbons (Fsp3) is 0.286. The lowest BCUT2D eigenvalue weighted by Gasteiger charge is -2.19.